The molecule has 1 aromatic rings. The molecule has 1 atom stereocenters. The standard InChI is InChI=1S/C17H25BrN2O3S/c1-3-23-11-6-10-19-17(22)15(9-12-24-2)20-16(21)13-7-4-5-8-14(13)18/h4-5,7-8,15H,3,6,9-12H2,1-2H3,(H,19,22)(H,20,21). The summed E-state index contributed by atoms with van der Waals surface area (Å²) in [5.74, 6) is 0.395. The highest BCUT2D eigenvalue weighted by Gasteiger charge is 2.21. The number of amides is 2. The fourth-order valence-electron chi connectivity index (χ4n) is 2.04. The maximum Gasteiger partial charge on any atom is 0.253 e. The van der Waals surface area contributed by atoms with Gasteiger partial charge in [0.05, 0.1) is 5.56 Å². The van der Waals surface area contributed by atoms with Gasteiger partial charge in [0.1, 0.15) is 6.04 Å². The summed E-state index contributed by atoms with van der Waals surface area (Å²) in [5.41, 5.74) is 0.524. The molecule has 0 fully saturated rings. The summed E-state index contributed by atoms with van der Waals surface area (Å²) in [6, 6.07) is 6.63. The lowest BCUT2D eigenvalue weighted by atomic mass is 10.1. The van der Waals surface area contributed by atoms with Gasteiger partial charge in [-0.15, -0.1) is 0 Å². The molecule has 0 bridgehead atoms. The first-order valence-electron chi connectivity index (χ1n) is 8.00. The number of carbonyl (C=O) groups is 2. The summed E-state index contributed by atoms with van der Waals surface area (Å²) in [5, 5.41) is 5.70. The third kappa shape index (κ3) is 7.68. The fourth-order valence-corrected chi connectivity index (χ4v) is 2.98. The summed E-state index contributed by atoms with van der Waals surface area (Å²) in [6.45, 7) is 3.77. The smallest absolute Gasteiger partial charge is 0.253 e. The van der Waals surface area contributed by atoms with E-state index in [9.17, 15) is 9.59 Å². The normalized spacial score (nSPS) is 11.8. The van der Waals surface area contributed by atoms with Crippen LogP contribution in [0.2, 0.25) is 0 Å². The fraction of sp³-hybridized carbons (Fsp3) is 0.529. The van der Waals surface area contributed by atoms with Crippen molar-refractivity contribution in [1.29, 1.82) is 0 Å². The van der Waals surface area contributed by atoms with Crippen molar-refractivity contribution in [2.75, 3.05) is 31.8 Å². The predicted octanol–water partition coefficient (Wildman–Crippen LogP) is 2.84. The van der Waals surface area contributed by atoms with Crippen LogP contribution in [0.3, 0.4) is 0 Å². The van der Waals surface area contributed by atoms with Crippen LogP contribution < -0.4 is 10.6 Å². The van der Waals surface area contributed by atoms with E-state index in [2.05, 4.69) is 26.6 Å². The Morgan fingerprint density at radius 3 is 2.75 bits per heavy atom. The van der Waals surface area contributed by atoms with Crippen LogP contribution >= 0.6 is 27.7 Å². The van der Waals surface area contributed by atoms with Gasteiger partial charge in [0.25, 0.3) is 5.91 Å². The lowest BCUT2D eigenvalue weighted by Gasteiger charge is -2.18. The second-order valence-corrected chi connectivity index (χ2v) is 6.97. The van der Waals surface area contributed by atoms with Crippen molar-refractivity contribution >= 4 is 39.5 Å². The zero-order chi connectivity index (χ0) is 17.8. The number of halogens is 1. The van der Waals surface area contributed by atoms with Crippen molar-refractivity contribution < 1.29 is 14.3 Å². The largest absolute Gasteiger partial charge is 0.382 e. The van der Waals surface area contributed by atoms with Crippen LogP contribution in [0.5, 0.6) is 0 Å². The first-order chi connectivity index (χ1) is 11.6. The minimum absolute atomic E-state index is 0.152. The van der Waals surface area contributed by atoms with E-state index in [0.717, 1.165) is 12.2 Å². The van der Waals surface area contributed by atoms with Gasteiger partial charge in [-0.3, -0.25) is 9.59 Å². The Hall–Kier alpha value is -1.05. The molecule has 2 N–H and O–H groups in total. The van der Waals surface area contributed by atoms with Gasteiger partial charge in [0, 0.05) is 24.2 Å². The Labute approximate surface area is 156 Å². The van der Waals surface area contributed by atoms with E-state index < -0.39 is 6.04 Å². The first-order valence-corrected chi connectivity index (χ1v) is 10.2. The average Bonchev–Trinajstić information content (AvgIpc) is 2.58. The van der Waals surface area contributed by atoms with Crippen LogP contribution in [-0.4, -0.2) is 49.6 Å². The van der Waals surface area contributed by atoms with Crippen LogP contribution in [0, 0.1) is 0 Å². The maximum atomic E-state index is 12.4. The number of rotatable bonds is 11. The van der Waals surface area contributed by atoms with E-state index in [4.69, 9.17) is 4.74 Å². The molecular formula is C17H25BrN2O3S. The number of hydrogen-bond donors (Lipinski definition) is 2. The molecule has 7 heteroatoms. The predicted molar refractivity (Wildman–Crippen MR) is 103 cm³/mol. The summed E-state index contributed by atoms with van der Waals surface area (Å²) >= 11 is 5.01. The third-order valence-corrected chi connectivity index (χ3v) is 4.66. The molecule has 5 nitrogen and oxygen atoms in total. The third-order valence-electron chi connectivity index (χ3n) is 3.32. The first kappa shape index (κ1) is 21.0. The zero-order valence-corrected chi connectivity index (χ0v) is 16.5. The van der Waals surface area contributed by atoms with Gasteiger partial charge in [-0.05, 0) is 59.8 Å². The average molecular weight is 417 g/mol. The molecule has 0 aliphatic heterocycles. The van der Waals surface area contributed by atoms with Crippen LogP contribution in [0.1, 0.15) is 30.1 Å². The van der Waals surface area contributed by atoms with Crippen LogP contribution in [0.15, 0.2) is 28.7 Å². The minimum atomic E-state index is -0.538. The topological polar surface area (TPSA) is 67.4 Å². The number of hydrogen-bond acceptors (Lipinski definition) is 4. The van der Waals surface area contributed by atoms with Gasteiger partial charge in [-0.25, -0.2) is 0 Å². The van der Waals surface area contributed by atoms with E-state index in [1.54, 1.807) is 30.0 Å². The summed E-state index contributed by atoms with van der Waals surface area (Å²) in [7, 11) is 0. The van der Waals surface area contributed by atoms with Gasteiger partial charge in [0.2, 0.25) is 5.91 Å². The molecule has 0 aliphatic rings. The van der Waals surface area contributed by atoms with Gasteiger partial charge in [-0.2, -0.15) is 11.8 Å². The SMILES string of the molecule is CCOCCCNC(=O)C(CCSC)NC(=O)c1ccccc1Br. The highest BCUT2D eigenvalue weighted by Crippen LogP contribution is 2.16. The number of ether oxygens (including phenoxy) is 1. The molecule has 0 saturated carbocycles. The van der Waals surface area contributed by atoms with Crippen molar-refractivity contribution in [2.45, 2.75) is 25.8 Å². The number of benzene rings is 1. The Morgan fingerprint density at radius 1 is 1.33 bits per heavy atom. The summed E-state index contributed by atoms with van der Waals surface area (Å²) < 4.78 is 5.96. The Kier molecular flexibility index (Phi) is 10.8. The second-order valence-electron chi connectivity index (χ2n) is 5.13. The zero-order valence-electron chi connectivity index (χ0n) is 14.1. The van der Waals surface area contributed by atoms with E-state index in [0.29, 0.717) is 36.2 Å². The number of nitrogens with one attached hydrogen (secondary N) is 2. The highest BCUT2D eigenvalue weighted by molar-refractivity contribution is 9.10. The van der Waals surface area contributed by atoms with Crippen molar-refractivity contribution in [3.63, 3.8) is 0 Å². The molecule has 0 spiro atoms. The molecule has 0 saturated heterocycles. The van der Waals surface area contributed by atoms with Crippen molar-refractivity contribution in [3.8, 4) is 0 Å². The van der Waals surface area contributed by atoms with Gasteiger partial charge >= 0.3 is 0 Å². The highest BCUT2D eigenvalue weighted by atomic mass is 79.9. The van der Waals surface area contributed by atoms with Gasteiger partial charge in [0.15, 0.2) is 0 Å². The molecule has 2 amide bonds. The second kappa shape index (κ2) is 12.3. The van der Waals surface area contributed by atoms with E-state index >= 15 is 0 Å². The van der Waals surface area contributed by atoms with E-state index in [1.165, 1.54) is 0 Å². The lowest BCUT2D eigenvalue weighted by molar-refractivity contribution is -0.123. The molecule has 0 aromatic heterocycles. The molecular weight excluding hydrogens is 392 g/mol. The quantitative estimate of drug-likeness (QED) is 0.544. The minimum Gasteiger partial charge on any atom is -0.382 e. The van der Waals surface area contributed by atoms with Gasteiger partial charge < -0.3 is 15.4 Å². The molecule has 0 aliphatic carbocycles. The molecule has 0 heterocycles. The summed E-state index contributed by atoms with van der Waals surface area (Å²) in [4.78, 5) is 24.8. The van der Waals surface area contributed by atoms with E-state index in [1.807, 2.05) is 19.2 Å². The van der Waals surface area contributed by atoms with Crippen LogP contribution in [-0.2, 0) is 9.53 Å². The lowest BCUT2D eigenvalue weighted by Crippen LogP contribution is -2.47. The molecule has 0 radical (unpaired) electrons. The Morgan fingerprint density at radius 2 is 2.08 bits per heavy atom. The molecule has 1 rings (SSSR count). The van der Waals surface area contributed by atoms with Crippen molar-refractivity contribution in [1.82, 2.24) is 10.6 Å². The van der Waals surface area contributed by atoms with E-state index in [-0.39, 0.29) is 11.8 Å². The maximum absolute atomic E-state index is 12.4. The molecule has 24 heavy (non-hydrogen) atoms. The monoisotopic (exact) mass is 416 g/mol. The Balaban J connectivity index is 2.59. The number of carbonyl (C=O) groups excluding carboxylic acids is 2. The Bertz CT molecular complexity index is 528. The molecule has 134 valence electrons. The van der Waals surface area contributed by atoms with Crippen molar-refractivity contribution in [2.24, 2.45) is 0 Å². The van der Waals surface area contributed by atoms with Crippen molar-refractivity contribution in [3.05, 3.63) is 34.3 Å². The van der Waals surface area contributed by atoms with Crippen LogP contribution in [0.25, 0.3) is 0 Å². The number of thioether (sulfide) groups is 1. The molecule has 1 aromatic carbocycles. The van der Waals surface area contributed by atoms with Gasteiger partial charge in [-0.1, -0.05) is 12.1 Å². The summed E-state index contributed by atoms with van der Waals surface area (Å²) in [6.07, 6.45) is 3.33. The van der Waals surface area contributed by atoms with Crippen LogP contribution in [0.4, 0.5) is 0 Å². The molecule has 1 unspecified atom stereocenters.